The third-order valence-electron chi connectivity index (χ3n) is 14.0. The summed E-state index contributed by atoms with van der Waals surface area (Å²) >= 11 is 0. The first kappa shape index (κ1) is 37.5. The minimum atomic E-state index is 0.0467. The molecule has 4 aliphatic carbocycles. The summed E-state index contributed by atoms with van der Waals surface area (Å²) in [6, 6.07) is 0. The second-order valence-corrected chi connectivity index (χ2v) is 17.3. The minimum Gasteiger partial charge on any atom is -0.462 e. The summed E-state index contributed by atoms with van der Waals surface area (Å²) in [5.74, 6) is 4.88. The van der Waals surface area contributed by atoms with Crippen molar-refractivity contribution in [1.29, 1.82) is 0 Å². The second-order valence-electron chi connectivity index (χ2n) is 17.3. The van der Waals surface area contributed by atoms with Gasteiger partial charge in [0.25, 0.3) is 0 Å². The molecule has 0 aromatic carbocycles. The van der Waals surface area contributed by atoms with Gasteiger partial charge in [-0.3, -0.25) is 4.79 Å². The Morgan fingerprint density at radius 1 is 0.891 bits per heavy atom. The number of carbonyl (C=O) groups excluding carboxylic acids is 1. The van der Waals surface area contributed by atoms with E-state index >= 15 is 0 Å². The number of hydrogen-bond acceptors (Lipinski definition) is 2. The van der Waals surface area contributed by atoms with E-state index in [1.165, 1.54) is 115 Å². The maximum absolute atomic E-state index is 12.8. The quantitative estimate of drug-likeness (QED) is 0.0802. The highest BCUT2D eigenvalue weighted by Gasteiger charge is 2.59. The lowest BCUT2D eigenvalue weighted by Gasteiger charge is -2.58. The molecule has 0 saturated heterocycles. The van der Waals surface area contributed by atoms with Crippen LogP contribution in [0.4, 0.5) is 0 Å². The second kappa shape index (κ2) is 17.9. The lowest BCUT2D eigenvalue weighted by molar-refractivity contribution is -0.151. The van der Waals surface area contributed by atoms with E-state index in [9.17, 15) is 4.79 Å². The minimum absolute atomic E-state index is 0.0467. The zero-order valence-electron chi connectivity index (χ0n) is 31.4. The molecule has 0 aliphatic heterocycles. The van der Waals surface area contributed by atoms with Crippen molar-refractivity contribution in [3.05, 3.63) is 36.0 Å². The van der Waals surface area contributed by atoms with Gasteiger partial charge in [0.15, 0.2) is 0 Å². The Kier molecular flexibility index (Phi) is 14.6. The van der Waals surface area contributed by atoms with Gasteiger partial charge in [0.1, 0.15) is 6.10 Å². The Balaban J connectivity index is 1.17. The van der Waals surface area contributed by atoms with Gasteiger partial charge in [-0.15, -0.1) is 0 Å². The molecule has 0 heterocycles. The molecule has 0 N–H and O–H groups in total. The smallest absolute Gasteiger partial charge is 0.306 e. The topological polar surface area (TPSA) is 26.3 Å². The van der Waals surface area contributed by atoms with Crippen LogP contribution in [0.15, 0.2) is 36.0 Å². The number of carbonyl (C=O) groups is 1. The van der Waals surface area contributed by atoms with Gasteiger partial charge in [0.2, 0.25) is 0 Å². The Labute approximate surface area is 286 Å². The van der Waals surface area contributed by atoms with Gasteiger partial charge < -0.3 is 4.74 Å². The van der Waals surface area contributed by atoms with Crippen molar-refractivity contribution in [1.82, 2.24) is 0 Å². The van der Waals surface area contributed by atoms with E-state index in [2.05, 4.69) is 66.3 Å². The molecular formula is C44H74O2. The zero-order chi connectivity index (χ0) is 33.2. The van der Waals surface area contributed by atoms with Crippen molar-refractivity contribution in [3.8, 4) is 0 Å². The molecule has 8 atom stereocenters. The van der Waals surface area contributed by atoms with Crippen LogP contribution in [0, 0.1) is 46.3 Å². The van der Waals surface area contributed by atoms with Crippen LogP contribution in [-0.2, 0) is 9.53 Å². The predicted octanol–water partition coefficient (Wildman–Crippen LogP) is 13.4. The number of esters is 1. The lowest BCUT2D eigenvalue weighted by Crippen LogP contribution is -2.51. The SMILES string of the molecule is C=C(CC[C@@H](C)[C@H]1CC[C@H]2[C@@H]3CC=C4CC(OC(=O)CCCCCCCC=CCCCCCC)CC[C@]4(C)[C@H]3CC[C@]12C)C(C)C. The molecule has 3 saturated carbocycles. The van der Waals surface area contributed by atoms with Crippen molar-refractivity contribution in [2.45, 2.75) is 189 Å². The largest absolute Gasteiger partial charge is 0.462 e. The molecule has 0 radical (unpaired) electrons. The van der Waals surface area contributed by atoms with E-state index in [0.717, 1.165) is 55.3 Å². The number of ether oxygens (including phenoxy) is 1. The summed E-state index contributed by atoms with van der Waals surface area (Å²) < 4.78 is 6.11. The molecule has 46 heavy (non-hydrogen) atoms. The molecular weight excluding hydrogens is 560 g/mol. The van der Waals surface area contributed by atoms with E-state index in [1.807, 2.05) is 0 Å². The van der Waals surface area contributed by atoms with Crippen LogP contribution >= 0.6 is 0 Å². The summed E-state index contributed by atoms with van der Waals surface area (Å²) in [6.45, 7) is 19.1. The maximum atomic E-state index is 12.8. The molecule has 0 amide bonds. The first-order valence-corrected chi connectivity index (χ1v) is 20.3. The van der Waals surface area contributed by atoms with Crippen LogP contribution in [0.2, 0.25) is 0 Å². The zero-order valence-corrected chi connectivity index (χ0v) is 31.4. The Bertz CT molecular complexity index is 1020. The highest BCUT2D eigenvalue weighted by Crippen LogP contribution is 2.67. The fraction of sp³-hybridized carbons (Fsp3) is 0.841. The van der Waals surface area contributed by atoms with Crippen molar-refractivity contribution < 1.29 is 9.53 Å². The first-order valence-electron chi connectivity index (χ1n) is 20.3. The summed E-state index contributed by atoms with van der Waals surface area (Å²) in [4.78, 5) is 12.8. The number of hydrogen-bond donors (Lipinski definition) is 0. The Hall–Kier alpha value is -1.31. The lowest BCUT2D eigenvalue weighted by atomic mass is 9.47. The van der Waals surface area contributed by atoms with Crippen LogP contribution in [0.3, 0.4) is 0 Å². The van der Waals surface area contributed by atoms with Crippen LogP contribution in [-0.4, -0.2) is 12.1 Å². The van der Waals surface area contributed by atoms with Crippen molar-refractivity contribution in [2.24, 2.45) is 46.3 Å². The molecule has 0 bridgehead atoms. The fourth-order valence-electron chi connectivity index (χ4n) is 10.8. The van der Waals surface area contributed by atoms with Crippen molar-refractivity contribution in [2.75, 3.05) is 0 Å². The van der Waals surface area contributed by atoms with Crippen molar-refractivity contribution >= 4 is 5.97 Å². The molecule has 3 fully saturated rings. The monoisotopic (exact) mass is 635 g/mol. The Morgan fingerprint density at radius 2 is 1.59 bits per heavy atom. The number of allylic oxidation sites excluding steroid dienone is 4. The highest BCUT2D eigenvalue weighted by atomic mass is 16.5. The van der Waals surface area contributed by atoms with E-state index in [-0.39, 0.29) is 12.1 Å². The van der Waals surface area contributed by atoms with Crippen molar-refractivity contribution in [3.63, 3.8) is 0 Å². The van der Waals surface area contributed by atoms with Gasteiger partial charge in [-0.05, 0) is 136 Å². The third-order valence-corrected chi connectivity index (χ3v) is 14.0. The fourth-order valence-corrected chi connectivity index (χ4v) is 10.8. The number of rotatable bonds is 19. The number of unbranched alkanes of at least 4 members (excludes halogenated alkanes) is 9. The summed E-state index contributed by atoms with van der Waals surface area (Å²) in [6.07, 6.45) is 34.6. The molecule has 4 rings (SSSR count). The van der Waals surface area contributed by atoms with E-state index < -0.39 is 0 Å². The standard InChI is InChI=1S/C44H74O2/c1-8-9-10-11-12-13-14-15-16-17-18-19-20-21-42(45)46-37-28-30-43(6)36(32-37)24-25-38-40-27-26-39(44(40,7)31-29-41(38)43)35(5)23-22-34(4)33(2)3/h13-14,24,33,35,37-41H,4,8-12,15-23,25-32H2,1-3,5-7H3/t35-,37?,38+,39-,40+,41+,43+,44-/m1/s1. The average Bonchev–Trinajstić information content (AvgIpc) is 3.39. The molecule has 1 unspecified atom stereocenters. The molecule has 2 nitrogen and oxygen atoms in total. The summed E-state index contributed by atoms with van der Waals surface area (Å²) in [7, 11) is 0. The Morgan fingerprint density at radius 3 is 2.30 bits per heavy atom. The van der Waals surface area contributed by atoms with Gasteiger partial charge in [-0.25, -0.2) is 0 Å². The first-order chi connectivity index (χ1) is 22.1. The van der Waals surface area contributed by atoms with Crippen LogP contribution in [0.25, 0.3) is 0 Å². The highest BCUT2D eigenvalue weighted by molar-refractivity contribution is 5.69. The normalized spacial score (nSPS) is 32.9. The van der Waals surface area contributed by atoms with Gasteiger partial charge in [-0.1, -0.05) is 116 Å². The molecule has 0 aromatic heterocycles. The van der Waals surface area contributed by atoms with E-state index in [1.54, 1.807) is 5.57 Å². The third kappa shape index (κ3) is 9.43. The molecule has 0 spiro atoms. The molecule has 2 heteroatoms. The molecule has 4 aliphatic rings. The summed E-state index contributed by atoms with van der Waals surface area (Å²) in [5, 5.41) is 0. The molecule has 262 valence electrons. The predicted molar refractivity (Wildman–Crippen MR) is 198 cm³/mol. The van der Waals surface area contributed by atoms with Gasteiger partial charge in [0, 0.05) is 12.8 Å². The summed E-state index contributed by atoms with van der Waals surface area (Å²) in [5.41, 5.74) is 3.90. The van der Waals surface area contributed by atoms with Gasteiger partial charge in [-0.2, -0.15) is 0 Å². The maximum Gasteiger partial charge on any atom is 0.306 e. The van der Waals surface area contributed by atoms with Crippen LogP contribution < -0.4 is 0 Å². The van der Waals surface area contributed by atoms with Gasteiger partial charge in [0.05, 0.1) is 0 Å². The van der Waals surface area contributed by atoms with E-state index in [4.69, 9.17) is 4.74 Å². The molecule has 0 aromatic rings. The van der Waals surface area contributed by atoms with Gasteiger partial charge >= 0.3 is 5.97 Å². The van der Waals surface area contributed by atoms with Crippen LogP contribution in [0.1, 0.15) is 183 Å². The van der Waals surface area contributed by atoms with E-state index in [0.29, 0.717) is 23.2 Å². The average molecular weight is 635 g/mol. The number of fused-ring (bicyclic) bond motifs is 5. The van der Waals surface area contributed by atoms with Crippen LogP contribution in [0.5, 0.6) is 0 Å².